The highest BCUT2D eigenvalue weighted by Gasteiger charge is 2.24. The van der Waals surface area contributed by atoms with Crippen LogP contribution >= 0.6 is 7.82 Å². The van der Waals surface area contributed by atoms with Gasteiger partial charge in [-0.25, -0.2) is 4.57 Å². The zero-order valence-corrected chi connectivity index (χ0v) is 41.0. The molecule has 0 saturated carbocycles. The van der Waals surface area contributed by atoms with E-state index in [0.717, 1.165) is 38.5 Å². The highest BCUT2D eigenvalue weighted by atomic mass is 31.2. The highest BCUT2D eigenvalue weighted by Crippen LogP contribution is 2.36. The third-order valence-corrected chi connectivity index (χ3v) is 13.0. The van der Waals surface area contributed by atoms with Gasteiger partial charge in [-0.3, -0.25) is 9.32 Å². The van der Waals surface area contributed by atoms with Gasteiger partial charge in [0.2, 0.25) is 5.91 Å². The van der Waals surface area contributed by atoms with Gasteiger partial charge in [-0.2, -0.15) is 0 Å². The number of hydrogen-bond donors (Lipinski definition) is 4. The lowest BCUT2D eigenvalue weighted by atomic mass is 10.0. The van der Waals surface area contributed by atoms with Gasteiger partial charge in [0.15, 0.2) is 0 Å². The van der Waals surface area contributed by atoms with Crippen molar-refractivity contribution in [3.63, 3.8) is 0 Å². The Morgan fingerprint density at radius 1 is 0.467 bits per heavy atom. The Morgan fingerprint density at radius 2 is 0.733 bits per heavy atom. The SMILES string of the molecule is CCCCCCCCC/C=C/[C@@H](O)[C@H](COP(=O)(O)O)NC(=O)CCCCCCCCCCCCCCCCCCCCCCCCCCCCCCCCCCCCC. The summed E-state index contributed by atoms with van der Waals surface area (Å²) in [5.74, 6) is -0.222. The first-order valence-corrected chi connectivity index (χ1v) is 28.2. The number of carbonyl (C=O) groups excluding carboxylic acids is 1. The smallest absolute Gasteiger partial charge is 0.387 e. The molecule has 4 N–H and O–H groups in total. The van der Waals surface area contributed by atoms with Crippen LogP contribution in [-0.2, 0) is 13.9 Å². The average Bonchev–Trinajstić information content (AvgIpc) is 3.22. The number of amides is 1. The largest absolute Gasteiger partial charge is 0.469 e. The summed E-state index contributed by atoms with van der Waals surface area (Å²) >= 11 is 0. The molecule has 2 atom stereocenters. The van der Waals surface area contributed by atoms with Crippen LogP contribution in [0.3, 0.4) is 0 Å². The molecule has 0 aliphatic heterocycles. The molecule has 0 heterocycles. The van der Waals surface area contributed by atoms with E-state index in [4.69, 9.17) is 9.79 Å². The fourth-order valence-corrected chi connectivity index (χ4v) is 8.82. The summed E-state index contributed by atoms with van der Waals surface area (Å²) < 4.78 is 15.9. The molecule has 0 saturated heterocycles. The molecule has 8 heteroatoms. The zero-order valence-electron chi connectivity index (χ0n) is 40.1. The fraction of sp³-hybridized carbons (Fsp3) is 0.942. The van der Waals surface area contributed by atoms with Gasteiger partial charge < -0.3 is 20.2 Å². The number of phosphoric ester groups is 1. The molecule has 7 nitrogen and oxygen atoms in total. The Morgan fingerprint density at radius 3 is 1.02 bits per heavy atom. The first kappa shape index (κ1) is 59.3. The van der Waals surface area contributed by atoms with E-state index in [2.05, 4.69) is 23.7 Å². The Hall–Kier alpha value is -0.720. The minimum absolute atomic E-state index is 0.222. The number of aliphatic hydroxyl groups excluding tert-OH is 1. The third-order valence-electron chi connectivity index (χ3n) is 12.5. The van der Waals surface area contributed by atoms with E-state index in [9.17, 15) is 14.5 Å². The zero-order chi connectivity index (χ0) is 43.9. The third kappa shape index (κ3) is 48.3. The molecule has 0 unspecified atom stereocenters. The lowest BCUT2D eigenvalue weighted by Crippen LogP contribution is -2.45. The van der Waals surface area contributed by atoms with Crippen LogP contribution in [0.25, 0.3) is 0 Å². The van der Waals surface area contributed by atoms with Gasteiger partial charge in [0.25, 0.3) is 0 Å². The Balaban J connectivity index is 3.54. The van der Waals surface area contributed by atoms with Crippen LogP contribution in [0.5, 0.6) is 0 Å². The molecule has 358 valence electrons. The van der Waals surface area contributed by atoms with Gasteiger partial charge in [-0.15, -0.1) is 0 Å². The highest BCUT2D eigenvalue weighted by molar-refractivity contribution is 7.46. The lowest BCUT2D eigenvalue weighted by Gasteiger charge is -2.22. The maximum Gasteiger partial charge on any atom is 0.469 e. The van der Waals surface area contributed by atoms with E-state index in [0.29, 0.717) is 6.42 Å². The van der Waals surface area contributed by atoms with Crippen molar-refractivity contribution < 1.29 is 28.8 Å². The van der Waals surface area contributed by atoms with Crippen LogP contribution < -0.4 is 5.32 Å². The number of carbonyl (C=O) groups is 1. The average molecular weight is 870 g/mol. The van der Waals surface area contributed by atoms with Gasteiger partial charge >= 0.3 is 7.82 Å². The molecule has 0 aromatic carbocycles. The van der Waals surface area contributed by atoms with Crippen molar-refractivity contribution in [2.45, 2.75) is 309 Å². The number of rotatable bonds is 50. The van der Waals surface area contributed by atoms with E-state index in [1.807, 2.05) is 6.08 Å². The molecule has 60 heavy (non-hydrogen) atoms. The molecule has 0 aromatic heterocycles. The van der Waals surface area contributed by atoms with E-state index >= 15 is 0 Å². The number of unbranched alkanes of at least 4 members (excludes halogenated alkanes) is 41. The molecule has 0 aromatic rings. The number of nitrogens with one attached hydrogen (secondary N) is 1. The summed E-state index contributed by atoms with van der Waals surface area (Å²) in [6.45, 7) is 4.07. The molecule has 0 aliphatic carbocycles. The van der Waals surface area contributed by atoms with E-state index in [-0.39, 0.29) is 5.91 Å². The molecule has 0 aliphatic rings. The van der Waals surface area contributed by atoms with Crippen molar-refractivity contribution in [2.24, 2.45) is 0 Å². The van der Waals surface area contributed by atoms with Crippen molar-refractivity contribution in [1.29, 1.82) is 0 Å². The summed E-state index contributed by atoms with van der Waals surface area (Å²) in [6.07, 6.45) is 60.3. The maximum absolute atomic E-state index is 12.6. The van der Waals surface area contributed by atoms with Crippen LogP contribution in [0, 0.1) is 0 Å². The molecular weight excluding hydrogens is 766 g/mol. The topological polar surface area (TPSA) is 116 Å². The predicted molar refractivity (Wildman–Crippen MR) is 260 cm³/mol. The van der Waals surface area contributed by atoms with Crippen LogP contribution in [0.1, 0.15) is 296 Å². The summed E-state index contributed by atoms with van der Waals surface area (Å²) in [4.78, 5) is 30.9. The molecule has 0 rings (SSSR count). The summed E-state index contributed by atoms with van der Waals surface area (Å²) in [6, 6.07) is -0.904. The maximum atomic E-state index is 12.6. The van der Waals surface area contributed by atoms with E-state index < -0.39 is 26.6 Å². The summed E-state index contributed by atoms with van der Waals surface area (Å²) in [7, 11) is -4.71. The van der Waals surface area contributed by atoms with Crippen LogP contribution in [0.4, 0.5) is 0 Å². The molecular formula is C52H104NO6P. The molecule has 0 fully saturated rings. The van der Waals surface area contributed by atoms with Crippen molar-refractivity contribution in [3.05, 3.63) is 12.2 Å². The van der Waals surface area contributed by atoms with Gasteiger partial charge in [0.1, 0.15) is 0 Å². The molecule has 0 spiro atoms. The number of hydrogen-bond acceptors (Lipinski definition) is 4. The van der Waals surface area contributed by atoms with Gasteiger partial charge in [-0.1, -0.05) is 283 Å². The van der Waals surface area contributed by atoms with Gasteiger partial charge in [0, 0.05) is 6.42 Å². The lowest BCUT2D eigenvalue weighted by molar-refractivity contribution is -0.123. The van der Waals surface area contributed by atoms with E-state index in [1.165, 1.54) is 238 Å². The molecule has 1 amide bonds. The second-order valence-corrected chi connectivity index (χ2v) is 19.8. The van der Waals surface area contributed by atoms with Gasteiger partial charge in [-0.05, 0) is 19.3 Å². The van der Waals surface area contributed by atoms with Crippen molar-refractivity contribution in [1.82, 2.24) is 5.32 Å². The number of allylic oxidation sites excluding steroid dienone is 1. The number of aliphatic hydroxyl groups is 1. The first-order chi connectivity index (χ1) is 29.3. The minimum Gasteiger partial charge on any atom is -0.387 e. The second-order valence-electron chi connectivity index (χ2n) is 18.6. The normalized spacial score (nSPS) is 13.1. The quantitative estimate of drug-likeness (QED) is 0.0275. The number of phosphoric acid groups is 1. The first-order valence-electron chi connectivity index (χ1n) is 26.6. The second kappa shape index (κ2) is 47.8. The summed E-state index contributed by atoms with van der Waals surface area (Å²) in [5, 5.41) is 13.4. The van der Waals surface area contributed by atoms with Crippen molar-refractivity contribution in [2.75, 3.05) is 6.61 Å². The predicted octanol–water partition coefficient (Wildman–Crippen LogP) is 16.7. The van der Waals surface area contributed by atoms with Crippen LogP contribution in [0.15, 0.2) is 12.2 Å². The standard InChI is InChI=1S/C52H104NO6P/c1-3-5-7-9-11-13-14-15-16-17-18-19-20-21-22-23-24-25-26-27-28-29-30-31-32-33-34-35-36-37-38-40-42-44-46-48-52(55)53-50(49-59-60(56,57)58)51(54)47-45-43-41-39-12-10-8-6-4-2/h45,47,50-51,54H,3-44,46,48-49H2,1-2H3,(H,53,55)(H2,56,57,58)/b47-45+/t50-,51+/m0/s1. The Labute approximate surface area is 373 Å². The van der Waals surface area contributed by atoms with Crippen LogP contribution in [0.2, 0.25) is 0 Å². The van der Waals surface area contributed by atoms with Crippen molar-refractivity contribution in [3.8, 4) is 0 Å². The monoisotopic (exact) mass is 870 g/mol. The van der Waals surface area contributed by atoms with Crippen molar-refractivity contribution >= 4 is 13.7 Å². The minimum atomic E-state index is -4.71. The summed E-state index contributed by atoms with van der Waals surface area (Å²) in [5.41, 5.74) is 0. The van der Waals surface area contributed by atoms with Gasteiger partial charge in [0.05, 0.1) is 18.8 Å². The van der Waals surface area contributed by atoms with E-state index in [1.54, 1.807) is 6.08 Å². The van der Waals surface area contributed by atoms with Crippen LogP contribution in [-0.4, -0.2) is 39.6 Å². The molecule has 0 bridgehead atoms. The fourth-order valence-electron chi connectivity index (χ4n) is 8.46. The molecule has 0 radical (unpaired) electrons. The Bertz CT molecular complexity index is 941. The Kier molecular flexibility index (Phi) is 47.2.